The van der Waals surface area contributed by atoms with E-state index in [4.69, 9.17) is 9.84 Å². The average molecular weight is 231 g/mol. The van der Waals surface area contributed by atoms with E-state index in [0.29, 0.717) is 6.61 Å². The molecule has 4 heteroatoms. The van der Waals surface area contributed by atoms with Crippen LogP contribution in [0.5, 0.6) is 0 Å². The minimum absolute atomic E-state index is 0.0406. The first-order valence-corrected chi connectivity index (χ1v) is 5.36. The third kappa shape index (κ3) is 2.30. The SMILES string of the molecule is CCO/C(=C\c1cccc2[nH]ccc12)C(=O)O. The number of carboxylic acids is 1. The highest BCUT2D eigenvalue weighted by molar-refractivity contribution is 5.95. The standard InChI is InChI=1S/C13H13NO3/c1-2-17-12(13(15)16)8-9-4-3-5-11-10(9)6-7-14-11/h3-8,14H,2H2,1H3,(H,15,16)/b12-8-. The number of ether oxygens (including phenoxy) is 1. The third-order valence-corrected chi connectivity index (χ3v) is 2.43. The molecular formula is C13H13NO3. The second kappa shape index (κ2) is 4.74. The Balaban J connectivity index is 2.48. The number of fused-ring (bicyclic) bond motifs is 1. The molecule has 17 heavy (non-hydrogen) atoms. The molecule has 2 aromatic rings. The van der Waals surface area contributed by atoms with E-state index >= 15 is 0 Å². The van der Waals surface area contributed by atoms with Crippen LogP contribution in [0.2, 0.25) is 0 Å². The van der Waals surface area contributed by atoms with E-state index in [2.05, 4.69) is 4.98 Å². The largest absolute Gasteiger partial charge is 0.487 e. The Labute approximate surface area is 98.5 Å². The Hall–Kier alpha value is -2.23. The summed E-state index contributed by atoms with van der Waals surface area (Å²) in [5.74, 6) is -1.10. The molecule has 88 valence electrons. The zero-order valence-corrected chi connectivity index (χ0v) is 9.43. The Morgan fingerprint density at radius 1 is 1.47 bits per heavy atom. The van der Waals surface area contributed by atoms with Gasteiger partial charge in [-0.1, -0.05) is 12.1 Å². The van der Waals surface area contributed by atoms with E-state index < -0.39 is 5.97 Å². The summed E-state index contributed by atoms with van der Waals surface area (Å²) >= 11 is 0. The van der Waals surface area contributed by atoms with Crippen LogP contribution in [-0.4, -0.2) is 22.7 Å². The van der Waals surface area contributed by atoms with Gasteiger partial charge in [-0.3, -0.25) is 0 Å². The van der Waals surface area contributed by atoms with Gasteiger partial charge in [0.15, 0.2) is 0 Å². The molecule has 2 rings (SSSR count). The first kappa shape index (κ1) is 11.3. The highest BCUT2D eigenvalue weighted by atomic mass is 16.5. The molecule has 0 saturated heterocycles. The summed E-state index contributed by atoms with van der Waals surface area (Å²) in [4.78, 5) is 14.0. The number of aromatic amines is 1. The minimum atomic E-state index is -1.06. The van der Waals surface area contributed by atoms with Gasteiger partial charge in [0, 0.05) is 17.1 Å². The Bertz CT molecular complexity index is 569. The van der Waals surface area contributed by atoms with Gasteiger partial charge < -0.3 is 14.8 Å². The minimum Gasteiger partial charge on any atom is -0.487 e. The lowest BCUT2D eigenvalue weighted by Gasteiger charge is -2.04. The highest BCUT2D eigenvalue weighted by Crippen LogP contribution is 2.20. The van der Waals surface area contributed by atoms with Crippen molar-refractivity contribution in [2.75, 3.05) is 6.61 Å². The van der Waals surface area contributed by atoms with Gasteiger partial charge in [-0.15, -0.1) is 0 Å². The lowest BCUT2D eigenvalue weighted by Crippen LogP contribution is -2.04. The van der Waals surface area contributed by atoms with Crippen LogP contribution in [0.4, 0.5) is 0 Å². The number of aliphatic carboxylic acids is 1. The molecule has 0 aliphatic heterocycles. The van der Waals surface area contributed by atoms with Gasteiger partial charge in [-0.2, -0.15) is 0 Å². The maximum absolute atomic E-state index is 11.0. The number of hydrogen-bond acceptors (Lipinski definition) is 2. The molecule has 0 aliphatic carbocycles. The van der Waals surface area contributed by atoms with Crippen molar-refractivity contribution in [2.45, 2.75) is 6.92 Å². The lowest BCUT2D eigenvalue weighted by molar-refractivity contribution is -0.136. The third-order valence-electron chi connectivity index (χ3n) is 2.43. The zero-order valence-electron chi connectivity index (χ0n) is 9.43. The molecule has 0 unspecified atom stereocenters. The van der Waals surface area contributed by atoms with Crippen molar-refractivity contribution in [1.82, 2.24) is 4.98 Å². The fourth-order valence-electron chi connectivity index (χ4n) is 1.70. The molecule has 0 radical (unpaired) electrons. The van der Waals surface area contributed by atoms with Gasteiger partial charge in [0.05, 0.1) is 6.61 Å². The van der Waals surface area contributed by atoms with Crippen molar-refractivity contribution in [3.63, 3.8) is 0 Å². The van der Waals surface area contributed by atoms with Crippen LogP contribution in [0.3, 0.4) is 0 Å². The molecule has 0 bridgehead atoms. The molecule has 4 nitrogen and oxygen atoms in total. The van der Waals surface area contributed by atoms with Crippen molar-refractivity contribution in [1.29, 1.82) is 0 Å². The van der Waals surface area contributed by atoms with Crippen LogP contribution in [0, 0.1) is 0 Å². The van der Waals surface area contributed by atoms with Crippen molar-refractivity contribution in [3.05, 3.63) is 41.8 Å². The summed E-state index contributed by atoms with van der Waals surface area (Å²) < 4.78 is 5.08. The molecule has 0 fully saturated rings. The molecule has 1 aromatic carbocycles. The first-order valence-electron chi connectivity index (χ1n) is 5.36. The summed E-state index contributed by atoms with van der Waals surface area (Å²) in [5, 5.41) is 9.97. The summed E-state index contributed by atoms with van der Waals surface area (Å²) in [7, 11) is 0. The second-order valence-electron chi connectivity index (χ2n) is 3.53. The molecule has 0 saturated carbocycles. The van der Waals surface area contributed by atoms with Gasteiger partial charge in [0.25, 0.3) is 0 Å². The van der Waals surface area contributed by atoms with E-state index in [0.717, 1.165) is 16.5 Å². The van der Waals surface area contributed by atoms with Gasteiger partial charge in [-0.05, 0) is 30.7 Å². The van der Waals surface area contributed by atoms with Crippen molar-refractivity contribution in [2.24, 2.45) is 0 Å². The fraction of sp³-hybridized carbons (Fsp3) is 0.154. The number of carboxylic acid groups (broad SMARTS) is 1. The van der Waals surface area contributed by atoms with Crippen molar-refractivity contribution in [3.8, 4) is 0 Å². The monoisotopic (exact) mass is 231 g/mol. The van der Waals surface area contributed by atoms with Gasteiger partial charge in [0.2, 0.25) is 5.76 Å². The summed E-state index contributed by atoms with van der Waals surface area (Å²) in [6.07, 6.45) is 3.37. The highest BCUT2D eigenvalue weighted by Gasteiger charge is 2.09. The van der Waals surface area contributed by atoms with E-state index in [-0.39, 0.29) is 5.76 Å². The maximum atomic E-state index is 11.0. The summed E-state index contributed by atoms with van der Waals surface area (Å²) in [6.45, 7) is 2.09. The predicted molar refractivity (Wildman–Crippen MR) is 65.5 cm³/mol. The Morgan fingerprint density at radius 3 is 3.00 bits per heavy atom. The van der Waals surface area contributed by atoms with Gasteiger partial charge in [-0.25, -0.2) is 4.79 Å². The predicted octanol–water partition coefficient (Wildman–Crippen LogP) is 2.63. The second-order valence-corrected chi connectivity index (χ2v) is 3.53. The molecule has 0 spiro atoms. The number of H-pyrrole nitrogens is 1. The number of hydrogen-bond donors (Lipinski definition) is 2. The number of carbonyl (C=O) groups is 1. The fourth-order valence-corrected chi connectivity index (χ4v) is 1.70. The van der Waals surface area contributed by atoms with Crippen molar-refractivity contribution >= 4 is 22.9 Å². The van der Waals surface area contributed by atoms with Gasteiger partial charge >= 0.3 is 5.97 Å². The maximum Gasteiger partial charge on any atom is 0.371 e. The van der Waals surface area contributed by atoms with Crippen molar-refractivity contribution < 1.29 is 14.6 Å². The zero-order chi connectivity index (χ0) is 12.3. The Morgan fingerprint density at radius 2 is 2.29 bits per heavy atom. The lowest BCUT2D eigenvalue weighted by atomic mass is 10.1. The topological polar surface area (TPSA) is 62.3 Å². The number of aromatic nitrogens is 1. The van der Waals surface area contributed by atoms with E-state index in [1.165, 1.54) is 0 Å². The van der Waals surface area contributed by atoms with Gasteiger partial charge in [0.1, 0.15) is 0 Å². The van der Waals surface area contributed by atoms with Crippen LogP contribution < -0.4 is 0 Å². The Kier molecular flexibility index (Phi) is 3.14. The average Bonchev–Trinajstić information content (AvgIpc) is 2.77. The van der Waals surface area contributed by atoms with E-state index in [1.54, 1.807) is 13.0 Å². The van der Waals surface area contributed by atoms with Crippen LogP contribution in [0.1, 0.15) is 12.5 Å². The first-order chi connectivity index (χ1) is 8.22. The molecule has 1 aromatic heterocycles. The van der Waals surface area contributed by atoms with E-state index in [9.17, 15) is 4.79 Å². The van der Waals surface area contributed by atoms with Crippen LogP contribution in [0.25, 0.3) is 17.0 Å². The summed E-state index contributed by atoms with van der Waals surface area (Å²) in [5.41, 5.74) is 1.80. The summed E-state index contributed by atoms with van der Waals surface area (Å²) in [6, 6.07) is 7.58. The number of rotatable bonds is 4. The smallest absolute Gasteiger partial charge is 0.371 e. The van der Waals surface area contributed by atoms with Crippen LogP contribution in [-0.2, 0) is 9.53 Å². The van der Waals surface area contributed by atoms with Crippen LogP contribution in [0.15, 0.2) is 36.2 Å². The normalized spacial score (nSPS) is 11.7. The van der Waals surface area contributed by atoms with Crippen LogP contribution >= 0.6 is 0 Å². The molecule has 0 amide bonds. The molecule has 1 heterocycles. The van der Waals surface area contributed by atoms with E-state index in [1.807, 2.05) is 30.5 Å². The molecular weight excluding hydrogens is 218 g/mol. The number of nitrogens with one attached hydrogen (secondary N) is 1. The quantitative estimate of drug-likeness (QED) is 0.628. The molecule has 0 aliphatic rings. The molecule has 2 N–H and O–H groups in total. The number of benzene rings is 1. The molecule has 0 atom stereocenters.